The molecular formula is C22H25N3O3. The minimum Gasteiger partial charge on any atom is -0.494 e. The lowest BCUT2D eigenvalue weighted by molar-refractivity contribution is 0.337. The Morgan fingerprint density at radius 3 is 2.50 bits per heavy atom. The van der Waals surface area contributed by atoms with Gasteiger partial charge in [0.25, 0.3) is 0 Å². The van der Waals surface area contributed by atoms with E-state index in [2.05, 4.69) is 10.3 Å². The van der Waals surface area contributed by atoms with Crippen molar-refractivity contribution in [2.45, 2.75) is 27.3 Å². The van der Waals surface area contributed by atoms with Crippen molar-refractivity contribution in [3.8, 4) is 11.5 Å². The molecule has 146 valence electrons. The van der Waals surface area contributed by atoms with E-state index in [4.69, 9.17) is 9.47 Å². The van der Waals surface area contributed by atoms with Gasteiger partial charge in [0.1, 0.15) is 5.75 Å². The summed E-state index contributed by atoms with van der Waals surface area (Å²) in [6.45, 7) is 7.12. The molecule has 6 heteroatoms. The van der Waals surface area contributed by atoms with Crippen molar-refractivity contribution < 1.29 is 9.47 Å². The molecule has 0 radical (unpaired) electrons. The number of ether oxygens (including phenoxy) is 2. The Kier molecular flexibility index (Phi) is 5.99. The summed E-state index contributed by atoms with van der Waals surface area (Å²) in [5.41, 5.74) is 3.58. The monoisotopic (exact) mass is 379 g/mol. The Bertz CT molecular complexity index is 1010. The standard InChI is InChI=1S/C22H25N3O3/c1-5-28-19-12-15(2)18(11-16(19)3)23-22-24-21(26)20(27-4)14-25(22)13-17-9-7-6-8-10-17/h6-12,14H,5,13H2,1-4H3,(H,23,24,26). The molecule has 28 heavy (non-hydrogen) atoms. The van der Waals surface area contributed by atoms with Gasteiger partial charge in [0.15, 0.2) is 0 Å². The van der Waals surface area contributed by atoms with E-state index in [1.165, 1.54) is 7.11 Å². The van der Waals surface area contributed by atoms with Gasteiger partial charge in [-0.25, -0.2) is 0 Å². The molecule has 0 aliphatic carbocycles. The van der Waals surface area contributed by atoms with Crippen molar-refractivity contribution in [2.24, 2.45) is 0 Å². The summed E-state index contributed by atoms with van der Waals surface area (Å²) in [6, 6.07) is 14.0. The third kappa shape index (κ3) is 4.34. The fraction of sp³-hybridized carbons (Fsp3) is 0.273. The van der Waals surface area contributed by atoms with Crippen molar-refractivity contribution in [2.75, 3.05) is 19.0 Å². The average molecular weight is 379 g/mol. The molecule has 0 saturated carbocycles. The molecule has 0 atom stereocenters. The van der Waals surface area contributed by atoms with E-state index in [1.807, 2.05) is 67.8 Å². The molecule has 2 aromatic carbocycles. The van der Waals surface area contributed by atoms with E-state index in [-0.39, 0.29) is 5.75 Å². The van der Waals surface area contributed by atoms with E-state index < -0.39 is 5.56 Å². The number of methoxy groups -OCH3 is 1. The lowest BCUT2D eigenvalue weighted by Gasteiger charge is -2.18. The zero-order valence-electron chi connectivity index (χ0n) is 16.7. The summed E-state index contributed by atoms with van der Waals surface area (Å²) >= 11 is 0. The number of benzene rings is 2. The topological polar surface area (TPSA) is 65.4 Å². The van der Waals surface area contributed by atoms with Crippen molar-refractivity contribution in [3.05, 3.63) is 75.7 Å². The van der Waals surface area contributed by atoms with Crippen LogP contribution in [0, 0.1) is 13.8 Å². The summed E-state index contributed by atoms with van der Waals surface area (Å²) < 4.78 is 12.7. The van der Waals surface area contributed by atoms with Gasteiger partial charge in [-0.1, -0.05) is 30.3 Å². The third-order valence-electron chi connectivity index (χ3n) is 4.45. The molecule has 3 aromatic rings. The molecular weight excluding hydrogens is 354 g/mol. The van der Waals surface area contributed by atoms with Gasteiger partial charge in [0.2, 0.25) is 11.7 Å². The molecule has 0 unspecified atom stereocenters. The molecule has 0 spiro atoms. The van der Waals surface area contributed by atoms with Crippen LogP contribution >= 0.6 is 0 Å². The van der Waals surface area contributed by atoms with E-state index in [1.54, 1.807) is 6.20 Å². The minimum atomic E-state index is -0.408. The quantitative estimate of drug-likeness (QED) is 0.671. The lowest BCUT2D eigenvalue weighted by atomic mass is 10.1. The Morgan fingerprint density at radius 1 is 1.07 bits per heavy atom. The van der Waals surface area contributed by atoms with Gasteiger partial charge >= 0.3 is 5.56 Å². The van der Waals surface area contributed by atoms with E-state index in [0.29, 0.717) is 19.1 Å². The molecule has 1 aromatic heterocycles. The Hall–Kier alpha value is -3.28. The summed E-state index contributed by atoms with van der Waals surface area (Å²) in [7, 11) is 1.47. The van der Waals surface area contributed by atoms with Crippen LogP contribution in [-0.2, 0) is 6.54 Å². The first-order valence-corrected chi connectivity index (χ1v) is 9.22. The zero-order chi connectivity index (χ0) is 20.1. The molecule has 0 aliphatic rings. The smallest absolute Gasteiger partial charge is 0.316 e. The Morgan fingerprint density at radius 2 is 1.82 bits per heavy atom. The number of rotatable bonds is 7. The second-order valence-corrected chi connectivity index (χ2v) is 6.54. The molecule has 3 rings (SSSR count). The second-order valence-electron chi connectivity index (χ2n) is 6.54. The lowest BCUT2D eigenvalue weighted by Crippen LogP contribution is -2.19. The predicted octanol–water partition coefficient (Wildman–Crippen LogP) is 4.06. The molecule has 0 bridgehead atoms. The van der Waals surface area contributed by atoms with Gasteiger partial charge in [0, 0.05) is 5.69 Å². The van der Waals surface area contributed by atoms with Crippen LogP contribution in [-0.4, -0.2) is 23.3 Å². The van der Waals surface area contributed by atoms with Crippen molar-refractivity contribution in [1.82, 2.24) is 9.55 Å². The highest BCUT2D eigenvalue weighted by atomic mass is 16.5. The van der Waals surface area contributed by atoms with Gasteiger partial charge < -0.3 is 19.4 Å². The predicted molar refractivity (Wildman–Crippen MR) is 111 cm³/mol. The molecule has 1 N–H and O–H groups in total. The van der Waals surface area contributed by atoms with Crippen LogP contribution in [0.25, 0.3) is 0 Å². The van der Waals surface area contributed by atoms with E-state index in [9.17, 15) is 4.79 Å². The Labute approximate surface area is 164 Å². The second kappa shape index (κ2) is 8.61. The van der Waals surface area contributed by atoms with Gasteiger partial charge in [0.05, 0.1) is 26.5 Å². The van der Waals surface area contributed by atoms with Crippen molar-refractivity contribution in [3.63, 3.8) is 0 Å². The van der Waals surface area contributed by atoms with E-state index >= 15 is 0 Å². The van der Waals surface area contributed by atoms with Crippen LogP contribution in [0.4, 0.5) is 11.6 Å². The van der Waals surface area contributed by atoms with Crippen LogP contribution in [0.3, 0.4) is 0 Å². The first-order valence-electron chi connectivity index (χ1n) is 9.22. The zero-order valence-corrected chi connectivity index (χ0v) is 16.7. The average Bonchev–Trinajstić information content (AvgIpc) is 2.68. The number of nitrogens with one attached hydrogen (secondary N) is 1. The number of anilines is 2. The van der Waals surface area contributed by atoms with Crippen LogP contribution in [0.1, 0.15) is 23.6 Å². The summed E-state index contributed by atoms with van der Waals surface area (Å²) in [5, 5.41) is 3.30. The molecule has 0 amide bonds. The summed E-state index contributed by atoms with van der Waals surface area (Å²) in [6.07, 6.45) is 1.68. The van der Waals surface area contributed by atoms with E-state index in [0.717, 1.165) is 28.1 Å². The Balaban J connectivity index is 2.00. The number of aromatic nitrogens is 2. The van der Waals surface area contributed by atoms with Gasteiger partial charge in [-0.2, -0.15) is 4.98 Å². The fourth-order valence-electron chi connectivity index (χ4n) is 2.97. The van der Waals surface area contributed by atoms with Gasteiger partial charge in [-0.05, 0) is 49.6 Å². The summed E-state index contributed by atoms with van der Waals surface area (Å²) in [4.78, 5) is 16.5. The van der Waals surface area contributed by atoms with Crippen molar-refractivity contribution in [1.29, 1.82) is 0 Å². The molecule has 6 nitrogen and oxygen atoms in total. The van der Waals surface area contributed by atoms with Crippen LogP contribution in [0.15, 0.2) is 53.5 Å². The summed E-state index contributed by atoms with van der Waals surface area (Å²) in [5.74, 6) is 1.53. The third-order valence-corrected chi connectivity index (χ3v) is 4.45. The highest BCUT2D eigenvalue weighted by Crippen LogP contribution is 2.28. The fourth-order valence-corrected chi connectivity index (χ4v) is 2.97. The minimum absolute atomic E-state index is 0.209. The maximum Gasteiger partial charge on any atom is 0.316 e. The number of hydrogen-bond donors (Lipinski definition) is 1. The number of nitrogens with zero attached hydrogens (tertiary/aromatic N) is 2. The largest absolute Gasteiger partial charge is 0.494 e. The molecule has 0 fully saturated rings. The molecule has 1 heterocycles. The maximum atomic E-state index is 12.2. The molecule has 0 saturated heterocycles. The highest BCUT2D eigenvalue weighted by Gasteiger charge is 2.12. The van der Waals surface area contributed by atoms with Gasteiger partial charge in [-0.15, -0.1) is 0 Å². The normalized spacial score (nSPS) is 10.6. The SMILES string of the molecule is CCOc1cc(C)c(Nc2nc(=O)c(OC)cn2Cc2ccccc2)cc1C. The van der Waals surface area contributed by atoms with Gasteiger partial charge in [-0.3, -0.25) is 4.79 Å². The number of hydrogen-bond acceptors (Lipinski definition) is 5. The molecule has 0 aliphatic heterocycles. The van der Waals surface area contributed by atoms with Crippen LogP contribution in [0.5, 0.6) is 11.5 Å². The maximum absolute atomic E-state index is 12.2. The highest BCUT2D eigenvalue weighted by molar-refractivity contribution is 5.62. The van der Waals surface area contributed by atoms with Crippen LogP contribution < -0.4 is 20.3 Å². The van der Waals surface area contributed by atoms with Crippen LogP contribution in [0.2, 0.25) is 0 Å². The first-order chi connectivity index (χ1) is 13.5. The van der Waals surface area contributed by atoms with Crippen molar-refractivity contribution >= 4 is 11.6 Å². The number of aryl methyl sites for hydroxylation is 2. The first kappa shape index (κ1) is 19.5.